The Bertz CT molecular complexity index is 211. The van der Waals surface area contributed by atoms with E-state index in [9.17, 15) is 4.79 Å². The van der Waals surface area contributed by atoms with Crippen molar-refractivity contribution in [2.45, 2.75) is 32.7 Å². The minimum Gasteiger partial charge on any atom is -0.340 e. The van der Waals surface area contributed by atoms with Crippen LogP contribution >= 0.6 is 0 Å². The summed E-state index contributed by atoms with van der Waals surface area (Å²) in [5, 5.41) is 3.24. The van der Waals surface area contributed by atoms with Crippen LogP contribution in [0, 0.1) is 5.41 Å². The molecule has 0 aromatic heterocycles. The molecular weight excluding hydrogens is 164 g/mol. The summed E-state index contributed by atoms with van der Waals surface area (Å²) in [6.45, 7) is 7.29. The summed E-state index contributed by atoms with van der Waals surface area (Å²) in [7, 11) is 0. The quantitative estimate of drug-likeness (QED) is 0.644. The maximum atomic E-state index is 11.8. The molecule has 0 aromatic rings. The number of carbonyl (C=O) groups excluding carboxylic acids is 1. The summed E-state index contributed by atoms with van der Waals surface area (Å²) >= 11 is 0. The zero-order valence-corrected chi connectivity index (χ0v) is 8.47. The smallest absolute Gasteiger partial charge is 0.239 e. The molecule has 2 rings (SSSR count). The van der Waals surface area contributed by atoms with Gasteiger partial charge in [0.1, 0.15) is 0 Å². The number of rotatable bonds is 1. The van der Waals surface area contributed by atoms with E-state index in [1.807, 2.05) is 4.90 Å². The molecule has 74 valence electrons. The van der Waals surface area contributed by atoms with Crippen LogP contribution < -0.4 is 5.32 Å². The minimum absolute atomic E-state index is 0.121. The molecule has 1 amide bonds. The molecule has 2 heterocycles. The van der Waals surface area contributed by atoms with Crippen molar-refractivity contribution in [2.24, 2.45) is 5.41 Å². The Kier molecular flexibility index (Phi) is 2.06. The van der Waals surface area contributed by atoms with Crippen molar-refractivity contribution in [2.75, 3.05) is 19.6 Å². The predicted molar refractivity (Wildman–Crippen MR) is 51.4 cm³/mol. The Balaban J connectivity index is 1.85. The third-order valence-electron chi connectivity index (χ3n) is 2.91. The van der Waals surface area contributed by atoms with Crippen molar-refractivity contribution in [3.8, 4) is 0 Å². The fourth-order valence-corrected chi connectivity index (χ4v) is 2.26. The molecule has 1 atom stereocenters. The highest BCUT2D eigenvalue weighted by Gasteiger charge is 2.39. The average molecular weight is 182 g/mol. The molecule has 2 aliphatic rings. The highest BCUT2D eigenvalue weighted by atomic mass is 16.2. The van der Waals surface area contributed by atoms with Gasteiger partial charge < -0.3 is 10.2 Å². The second-order valence-corrected chi connectivity index (χ2v) is 5.01. The van der Waals surface area contributed by atoms with E-state index in [0.29, 0.717) is 11.3 Å². The normalized spacial score (nSPS) is 31.5. The first-order valence-corrected chi connectivity index (χ1v) is 5.11. The average Bonchev–Trinajstić information content (AvgIpc) is 2.50. The molecule has 2 saturated heterocycles. The number of likely N-dealkylation sites (tertiary alicyclic amines) is 1. The van der Waals surface area contributed by atoms with E-state index in [4.69, 9.17) is 0 Å². The molecule has 1 unspecified atom stereocenters. The van der Waals surface area contributed by atoms with Gasteiger partial charge in [0.15, 0.2) is 0 Å². The van der Waals surface area contributed by atoms with Gasteiger partial charge in [0.25, 0.3) is 0 Å². The van der Waals surface area contributed by atoms with Crippen molar-refractivity contribution in [1.29, 1.82) is 0 Å². The highest BCUT2D eigenvalue weighted by molar-refractivity contribution is 5.83. The van der Waals surface area contributed by atoms with Gasteiger partial charge in [-0.3, -0.25) is 4.79 Å². The van der Waals surface area contributed by atoms with Crippen LogP contribution in [0.25, 0.3) is 0 Å². The van der Waals surface area contributed by atoms with Crippen LogP contribution in [-0.2, 0) is 4.79 Å². The summed E-state index contributed by atoms with van der Waals surface area (Å²) in [5.41, 5.74) is 0.355. The third kappa shape index (κ3) is 1.70. The fourth-order valence-electron chi connectivity index (χ4n) is 2.26. The molecule has 2 aliphatic heterocycles. The lowest BCUT2D eigenvalue weighted by molar-refractivity contribution is -0.143. The Labute approximate surface area is 79.5 Å². The topological polar surface area (TPSA) is 32.3 Å². The van der Waals surface area contributed by atoms with E-state index in [1.165, 1.54) is 0 Å². The molecule has 3 nitrogen and oxygen atoms in total. The molecule has 0 aromatic carbocycles. The Hall–Kier alpha value is -0.570. The first-order chi connectivity index (χ1) is 6.08. The van der Waals surface area contributed by atoms with Gasteiger partial charge in [-0.25, -0.2) is 0 Å². The zero-order valence-electron chi connectivity index (χ0n) is 8.47. The van der Waals surface area contributed by atoms with Crippen molar-refractivity contribution < 1.29 is 4.79 Å². The van der Waals surface area contributed by atoms with E-state index in [2.05, 4.69) is 19.2 Å². The molecule has 13 heavy (non-hydrogen) atoms. The van der Waals surface area contributed by atoms with Crippen molar-refractivity contribution >= 4 is 5.91 Å². The molecule has 1 N–H and O–H groups in total. The van der Waals surface area contributed by atoms with E-state index in [1.54, 1.807) is 0 Å². The molecule has 0 bridgehead atoms. The second kappa shape index (κ2) is 2.98. The molecule has 0 saturated carbocycles. The monoisotopic (exact) mass is 182 g/mol. The van der Waals surface area contributed by atoms with Gasteiger partial charge in [-0.05, 0) is 24.8 Å². The number of nitrogens with one attached hydrogen (secondary N) is 1. The Morgan fingerprint density at radius 1 is 1.46 bits per heavy atom. The maximum Gasteiger partial charge on any atom is 0.239 e. The zero-order chi connectivity index (χ0) is 9.47. The fraction of sp³-hybridized carbons (Fsp3) is 0.900. The first-order valence-electron chi connectivity index (χ1n) is 5.11. The molecule has 0 spiro atoms. The van der Waals surface area contributed by atoms with Gasteiger partial charge in [-0.2, -0.15) is 0 Å². The SMILES string of the molecule is CC1(C)CN(C(=O)C2CCCN2)C1. The van der Waals surface area contributed by atoms with Crippen LogP contribution in [0.2, 0.25) is 0 Å². The molecule has 0 radical (unpaired) electrons. The Morgan fingerprint density at radius 3 is 2.62 bits per heavy atom. The molecule has 3 heteroatoms. The van der Waals surface area contributed by atoms with E-state index in [-0.39, 0.29) is 6.04 Å². The summed E-state index contributed by atoms with van der Waals surface area (Å²) in [4.78, 5) is 13.8. The Morgan fingerprint density at radius 2 is 2.15 bits per heavy atom. The summed E-state index contributed by atoms with van der Waals surface area (Å²) in [6.07, 6.45) is 2.17. The van der Waals surface area contributed by atoms with Gasteiger partial charge in [0, 0.05) is 13.1 Å². The summed E-state index contributed by atoms with van der Waals surface area (Å²) in [5.74, 6) is 0.317. The van der Waals surface area contributed by atoms with Crippen molar-refractivity contribution in [3.63, 3.8) is 0 Å². The van der Waals surface area contributed by atoms with Crippen molar-refractivity contribution in [3.05, 3.63) is 0 Å². The highest BCUT2D eigenvalue weighted by Crippen LogP contribution is 2.29. The van der Waals surface area contributed by atoms with Crippen LogP contribution in [0.4, 0.5) is 0 Å². The van der Waals surface area contributed by atoms with E-state index in [0.717, 1.165) is 32.5 Å². The standard InChI is InChI=1S/C10H18N2O/c1-10(2)6-12(7-10)9(13)8-4-3-5-11-8/h8,11H,3-7H2,1-2H3. The van der Waals surface area contributed by atoms with E-state index < -0.39 is 0 Å². The summed E-state index contributed by atoms with van der Waals surface area (Å²) in [6, 6.07) is 0.121. The van der Waals surface area contributed by atoms with Crippen LogP contribution in [0.1, 0.15) is 26.7 Å². The summed E-state index contributed by atoms with van der Waals surface area (Å²) < 4.78 is 0. The first kappa shape index (κ1) is 9.00. The number of hydrogen-bond acceptors (Lipinski definition) is 2. The molecule has 2 fully saturated rings. The number of carbonyl (C=O) groups is 1. The van der Waals surface area contributed by atoms with Crippen LogP contribution in [0.15, 0.2) is 0 Å². The number of hydrogen-bond donors (Lipinski definition) is 1. The van der Waals surface area contributed by atoms with Crippen LogP contribution in [0.5, 0.6) is 0 Å². The van der Waals surface area contributed by atoms with Gasteiger partial charge in [0.2, 0.25) is 5.91 Å². The maximum absolute atomic E-state index is 11.8. The lowest BCUT2D eigenvalue weighted by Crippen LogP contribution is -2.59. The van der Waals surface area contributed by atoms with E-state index >= 15 is 0 Å². The minimum atomic E-state index is 0.121. The third-order valence-corrected chi connectivity index (χ3v) is 2.91. The lowest BCUT2D eigenvalue weighted by Gasteiger charge is -2.46. The predicted octanol–water partition coefficient (Wildman–Crippen LogP) is 0.607. The van der Waals surface area contributed by atoms with Crippen LogP contribution in [-0.4, -0.2) is 36.5 Å². The molecular formula is C10H18N2O. The second-order valence-electron chi connectivity index (χ2n) is 5.01. The van der Waals surface area contributed by atoms with Gasteiger partial charge >= 0.3 is 0 Å². The van der Waals surface area contributed by atoms with Gasteiger partial charge in [-0.15, -0.1) is 0 Å². The van der Waals surface area contributed by atoms with Gasteiger partial charge in [-0.1, -0.05) is 13.8 Å². The molecule has 0 aliphatic carbocycles. The van der Waals surface area contributed by atoms with Crippen molar-refractivity contribution in [1.82, 2.24) is 10.2 Å². The van der Waals surface area contributed by atoms with Crippen LogP contribution in [0.3, 0.4) is 0 Å². The number of amides is 1. The lowest BCUT2D eigenvalue weighted by atomic mass is 9.84. The largest absolute Gasteiger partial charge is 0.340 e. The van der Waals surface area contributed by atoms with Gasteiger partial charge in [0.05, 0.1) is 6.04 Å². The number of nitrogens with zero attached hydrogens (tertiary/aromatic N) is 1.